The largest absolute Gasteiger partial charge is 0.481 e. The second-order valence-electron chi connectivity index (χ2n) is 5.83. The van der Waals surface area contributed by atoms with E-state index in [1.165, 1.54) is 0 Å². The quantitative estimate of drug-likeness (QED) is 0.596. The van der Waals surface area contributed by atoms with Crippen LogP contribution in [0.4, 0.5) is 5.69 Å². The van der Waals surface area contributed by atoms with E-state index in [9.17, 15) is 9.90 Å². The van der Waals surface area contributed by atoms with Crippen LogP contribution in [-0.4, -0.2) is 29.3 Å². The average Bonchev–Trinajstić information content (AvgIpc) is 2.58. The van der Waals surface area contributed by atoms with E-state index in [2.05, 4.69) is 12.3 Å². The van der Waals surface area contributed by atoms with Gasteiger partial charge in [-0.2, -0.15) is 0 Å². The number of nitrogens with one attached hydrogen (secondary N) is 1. The number of aliphatic carboxylic acids is 1. The molecule has 0 radical (unpaired) electrons. The number of aliphatic hydroxyl groups is 1. The van der Waals surface area contributed by atoms with Gasteiger partial charge in [0, 0.05) is 18.1 Å². The number of aliphatic hydroxyl groups excluding tert-OH is 1. The summed E-state index contributed by atoms with van der Waals surface area (Å²) in [5, 5.41) is 21.8. The summed E-state index contributed by atoms with van der Waals surface area (Å²) in [6, 6.07) is 14.5. The summed E-state index contributed by atoms with van der Waals surface area (Å²) >= 11 is 5.97. The van der Waals surface area contributed by atoms with Crippen LogP contribution >= 0.6 is 11.6 Å². The Labute approximate surface area is 152 Å². The predicted molar refractivity (Wildman–Crippen MR) is 99.8 cm³/mol. The van der Waals surface area contributed by atoms with E-state index in [0.29, 0.717) is 11.6 Å². The fourth-order valence-electron chi connectivity index (χ4n) is 2.56. The van der Waals surface area contributed by atoms with Gasteiger partial charge < -0.3 is 15.2 Å². The molecule has 0 aromatic heterocycles. The Balaban J connectivity index is 2.06. The van der Waals surface area contributed by atoms with E-state index in [-0.39, 0.29) is 6.42 Å². The van der Waals surface area contributed by atoms with Crippen LogP contribution in [0.15, 0.2) is 48.5 Å². The Morgan fingerprint density at radius 1 is 1.24 bits per heavy atom. The van der Waals surface area contributed by atoms with E-state index in [0.717, 1.165) is 29.8 Å². The van der Waals surface area contributed by atoms with Crippen molar-refractivity contribution in [1.82, 2.24) is 5.43 Å². The molecule has 0 bridgehead atoms. The first-order valence-corrected chi connectivity index (χ1v) is 8.62. The van der Waals surface area contributed by atoms with Crippen LogP contribution in [0.25, 0.3) is 0 Å². The van der Waals surface area contributed by atoms with Gasteiger partial charge in [-0.25, -0.2) is 5.43 Å². The highest BCUT2D eigenvalue weighted by Crippen LogP contribution is 2.19. The molecule has 2 aromatic rings. The lowest BCUT2D eigenvalue weighted by Crippen LogP contribution is -2.41. The topological polar surface area (TPSA) is 72.8 Å². The predicted octanol–water partition coefficient (Wildman–Crippen LogP) is 3.42. The van der Waals surface area contributed by atoms with Gasteiger partial charge in [0.1, 0.15) is 0 Å². The molecule has 0 heterocycles. The zero-order valence-electron chi connectivity index (χ0n) is 14.2. The molecule has 0 aliphatic carbocycles. The number of rotatable bonds is 9. The number of hydrogen-bond acceptors (Lipinski definition) is 4. The molecule has 0 aliphatic heterocycles. The van der Waals surface area contributed by atoms with E-state index >= 15 is 0 Å². The molecule has 2 aromatic carbocycles. The third-order valence-electron chi connectivity index (χ3n) is 3.73. The maximum atomic E-state index is 10.9. The lowest BCUT2D eigenvalue weighted by Gasteiger charge is -2.27. The van der Waals surface area contributed by atoms with E-state index < -0.39 is 12.1 Å². The number of hydrazine groups is 1. The highest BCUT2D eigenvalue weighted by molar-refractivity contribution is 6.30. The number of nitrogens with zero attached hydrogens (tertiary/aromatic N) is 1. The fourth-order valence-corrected chi connectivity index (χ4v) is 2.76. The van der Waals surface area contributed by atoms with E-state index in [4.69, 9.17) is 16.7 Å². The van der Waals surface area contributed by atoms with Crippen molar-refractivity contribution >= 4 is 23.3 Å². The third-order valence-corrected chi connectivity index (χ3v) is 3.97. The number of carboxylic acids is 1. The van der Waals surface area contributed by atoms with Crippen molar-refractivity contribution in [3.8, 4) is 0 Å². The second-order valence-corrected chi connectivity index (χ2v) is 6.26. The van der Waals surface area contributed by atoms with Crippen molar-refractivity contribution in [3.63, 3.8) is 0 Å². The minimum Gasteiger partial charge on any atom is -0.481 e. The second kappa shape index (κ2) is 9.42. The van der Waals surface area contributed by atoms with Gasteiger partial charge >= 0.3 is 5.97 Å². The minimum atomic E-state index is -0.858. The molecule has 0 aliphatic rings. The van der Waals surface area contributed by atoms with E-state index in [1.54, 1.807) is 24.3 Å². The van der Waals surface area contributed by atoms with Crippen LogP contribution in [0.1, 0.15) is 30.6 Å². The Bertz CT molecular complexity index is 709. The number of anilines is 1. The zero-order valence-corrected chi connectivity index (χ0v) is 14.9. The molecule has 0 saturated heterocycles. The van der Waals surface area contributed by atoms with Crippen molar-refractivity contribution in [2.24, 2.45) is 0 Å². The molecular weight excluding hydrogens is 340 g/mol. The van der Waals surface area contributed by atoms with Gasteiger partial charge in [-0.3, -0.25) is 4.79 Å². The smallest absolute Gasteiger partial charge is 0.307 e. The summed E-state index contributed by atoms with van der Waals surface area (Å²) in [5.41, 5.74) is 5.59. The number of carboxylic acid groups (broad SMARTS) is 1. The molecule has 2 rings (SSSR count). The van der Waals surface area contributed by atoms with Crippen molar-refractivity contribution < 1.29 is 15.0 Å². The Hall–Kier alpha value is -2.08. The Kier molecular flexibility index (Phi) is 7.25. The number of hydrogen-bond donors (Lipinski definition) is 3. The van der Waals surface area contributed by atoms with Gasteiger partial charge in [-0.05, 0) is 41.8 Å². The summed E-state index contributed by atoms with van der Waals surface area (Å²) in [4.78, 5) is 10.9. The Morgan fingerprint density at radius 3 is 2.68 bits per heavy atom. The molecule has 25 heavy (non-hydrogen) atoms. The van der Waals surface area contributed by atoms with Gasteiger partial charge in [0.05, 0.1) is 18.2 Å². The first-order chi connectivity index (χ1) is 12.0. The van der Waals surface area contributed by atoms with Crippen LogP contribution < -0.4 is 10.4 Å². The van der Waals surface area contributed by atoms with Gasteiger partial charge in [-0.1, -0.05) is 42.8 Å². The minimum absolute atomic E-state index is 0.0149. The fraction of sp³-hybridized carbons (Fsp3) is 0.316. The van der Waals surface area contributed by atoms with E-state index in [1.807, 2.05) is 29.3 Å². The van der Waals surface area contributed by atoms with Gasteiger partial charge in [0.25, 0.3) is 0 Å². The average molecular weight is 363 g/mol. The van der Waals surface area contributed by atoms with Crippen molar-refractivity contribution in [2.45, 2.75) is 25.9 Å². The van der Waals surface area contributed by atoms with Crippen LogP contribution in [-0.2, 0) is 11.2 Å². The molecule has 3 N–H and O–H groups in total. The maximum absolute atomic E-state index is 10.9. The molecule has 0 amide bonds. The highest BCUT2D eigenvalue weighted by Gasteiger charge is 2.12. The molecule has 6 heteroatoms. The van der Waals surface area contributed by atoms with Crippen LogP contribution in [0.5, 0.6) is 0 Å². The van der Waals surface area contributed by atoms with Gasteiger partial charge in [0.2, 0.25) is 0 Å². The highest BCUT2D eigenvalue weighted by atomic mass is 35.5. The first-order valence-electron chi connectivity index (χ1n) is 8.25. The van der Waals surface area contributed by atoms with Crippen molar-refractivity contribution in [1.29, 1.82) is 0 Å². The monoisotopic (exact) mass is 362 g/mol. The molecule has 5 nitrogen and oxygen atoms in total. The van der Waals surface area contributed by atoms with Gasteiger partial charge in [0.15, 0.2) is 0 Å². The van der Waals surface area contributed by atoms with Crippen molar-refractivity contribution in [3.05, 3.63) is 64.7 Å². The maximum Gasteiger partial charge on any atom is 0.307 e. The van der Waals surface area contributed by atoms with Gasteiger partial charge in [-0.15, -0.1) is 0 Å². The number of halogens is 1. The summed E-state index contributed by atoms with van der Waals surface area (Å²) in [7, 11) is 0. The molecule has 134 valence electrons. The normalized spacial score (nSPS) is 12.0. The summed E-state index contributed by atoms with van der Waals surface area (Å²) < 4.78 is 0. The molecule has 0 fully saturated rings. The summed E-state index contributed by atoms with van der Waals surface area (Å²) in [6.07, 6.45) is 0.197. The summed E-state index contributed by atoms with van der Waals surface area (Å²) in [6.45, 7) is 3.12. The van der Waals surface area contributed by atoms with Crippen LogP contribution in [0.2, 0.25) is 5.02 Å². The summed E-state index contributed by atoms with van der Waals surface area (Å²) in [5.74, 6) is -0.858. The number of benzene rings is 2. The molecule has 0 spiro atoms. The lowest BCUT2D eigenvalue weighted by molar-refractivity contribution is -0.136. The lowest BCUT2D eigenvalue weighted by atomic mass is 10.1. The first kappa shape index (κ1) is 19.2. The molecular formula is C19H23ClN2O3. The van der Waals surface area contributed by atoms with Crippen LogP contribution in [0.3, 0.4) is 0 Å². The standard InChI is InChI=1S/C19H23ClN2O3/c1-2-9-22(17-8-3-5-14(10-17)11-19(24)25)21-13-18(23)15-6-4-7-16(20)12-15/h3-8,10,12,18,21,23H,2,9,11,13H2,1H3,(H,24,25)/t18-/m0/s1. The molecule has 1 atom stereocenters. The Morgan fingerprint density at radius 2 is 2.00 bits per heavy atom. The van der Waals surface area contributed by atoms with Crippen LogP contribution in [0, 0.1) is 0 Å². The zero-order chi connectivity index (χ0) is 18.2. The molecule has 0 saturated carbocycles. The SMILES string of the molecule is CCCN(NC[C@H](O)c1cccc(Cl)c1)c1cccc(CC(=O)O)c1. The number of carbonyl (C=O) groups is 1. The molecule has 0 unspecified atom stereocenters. The third kappa shape index (κ3) is 6.05. The van der Waals surface area contributed by atoms with Crippen molar-refractivity contribution in [2.75, 3.05) is 18.1 Å².